The Balaban J connectivity index is 2.33. The number of fused-ring (bicyclic) bond motifs is 1. The van der Waals surface area contributed by atoms with Crippen LogP contribution in [0.5, 0.6) is 5.75 Å². The fourth-order valence-corrected chi connectivity index (χ4v) is 2.27. The Morgan fingerprint density at radius 3 is 2.79 bits per heavy atom. The summed E-state index contributed by atoms with van der Waals surface area (Å²) in [7, 11) is 0. The Bertz CT molecular complexity index is 768. The smallest absolute Gasteiger partial charge is 0.145 e. The molecule has 0 atom stereocenters. The summed E-state index contributed by atoms with van der Waals surface area (Å²) in [6.07, 6.45) is 3.41. The minimum Gasteiger partial charge on any atom is -0.507 e. The van der Waals surface area contributed by atoms with Crippen LogP contribution in [0.4, 0.5) is 4.39 Å². The van der Waals surface area contributed by atoms with E-state index in [1.54, 1.807) is 12.4 Å². The van der Waals surface area contributed by atoms with Gasteiger partial charge in [0.05, 0.1) is 5.02 Å². The van der Waals surface area contributed by atoms with Gasteiger partial charge in [0.2, 0.25) is 0 Å². The highest BCUT2D eigenvalue weighted by Crippen LogP contribution is 2.36. The molecule has 94 valence electrons. The Morgan fingerprint density at radius 1 is 1.11 bits per heavy atom. The van der Waals surface area contributed by atoms with Crippen molar-refractivity contribution in [3.63, 3.8) is 0 Å². The second kappa shape index (κ2) is 4.52. The Hall–Kier alpha value is -2.13. The zero-order valence-electron chi connectivity index (χ0n) is 9.77. The number of phenols is 1. The summed E-state index contributed by atoms with van der Waals surface area (Å²) < 4.78 is 13.3. The standard InChI is InChI=1S/C15H9ClFNO/c16-13-6-12(15(19)7-14(13)17)11-3-1-2-9-8-18-5-4-10(9)11/h1-8,19H. The van der Waals surface area contributed by atoms with E-state index < -0.39 is 5.82 Å². The normalized spacial score (nSPS) is 10.8. The molecule has 3 aromatic rings. The molecule has 0 unspecified atom stereocenters. The fraction of sp³-hybridized carbons (Fsp3) is 0. The van der Waals surface area contributed by atoms with Gasteiger partial charge in [-0.15, -0.1) is 0 Å². The third kappa shape index (κ3) is 2.02. The first kappa shape index (κ1) is 11.9. The summed E-state index contributed by atoms with van der Waals surface area (Å²) >= 11 is 5.79. The number of aromatic hydroxyl groups is 1. The van der Waals surface area contributed by atoms with E-state index in [1.807, 2.05) is 24.3 Å². The van der Waals surface area contributed by atoms with Gasteiger partial charge in [0, 0.05) is 29.4 Å². The monoisotopic (exact) mass is 273 g/mol. The molecular weight excluding hydrogens is 265 g/mol. The van der Waals surface area contributed by atoms with E-state index in [4.69, 9.17) is 11.6 Å². The van der Waals surface area contributed by atoms with Crippen LogP contribution in [-0.2, 0) is 0 Å². The highest BCUT2D eigenvalue weighted by molar-refractivity contribution is 6.31. The molecule has 0 aliphatic heterocycles. The molecule has 0 saturated carbocycles. The van der Waals surface area contributed by atoms with Crippen LogP contribution in [0.2, 0.25) is 5.02 Å². The van der Waals surface area contributed by atoms with Crippen molar-refractivity contribution in [2.24, 2.45) is 0 Å². The highest BCUT2D eigenvalue weighted by atomic mass is 35.5. The van der Waals surface area contributed by atoms with Gasteiger partial charge in [-0.1, -0.05) is 29.8 Å². The summed E-state index contributed by atoms with van der Waals surface area (Å²) in [4.78, 5) is 4.05. The van der Waals surface area contributed by atoms with E-state index in [0.717, 1.165) is 22.4 Å². The van der Waals surface area contributed by atoms with Gasteiger partial charge in [-0.3, -0.25) is 4.98 Å². The van der Waals surface area contributed by atoms with Gasteiger partial charge in [-0.25, -0.2) is 4.39 Å². The minimum absolute atomic E-state index is 0.0149. The number of aromatic nitrogens is 1. The lowest BCUT2D eigenvalue weighted by molar-refractivity contribution is 0.471. The number of halogens is 2. The number of nitrogens with zero attached hydrogens (tertiary/aromatic N) is 1. The second-order valence-electron chi connectivity index (χ2n) is 4.19. The Kier molecular flexibility index (Phi) is 2.84. The topological polar surface area (TPSA) is 33.1 Å². The van der Waals surface area contributed by atoms with E-state index in [1.165, 1.54) is 6.07 Å². The van der Waals surface area contributed by atoms with Gasteiger partial charge in [-0.05, 0) is 23.1 Å². The maximum Gasteiger partial charge on any atom is 0.145 e. The van der Waals surface area contributed by atoms with E-state index >= 15 is 0 Å². The molecule has 2 aromatic carbocycles. The SMILES string of the molecule is Oc1cc(F)c(Cl)cc1-c1cccc2cnccc12. The molecule has 0 fully saturated rings. The van der Waals surface area contributed by atoms with E-state index in [9.17, 15) is 9.50 Å². The van der Waals surface area contributed by atoms with Gasteiger partial charge in [0.25, 0.3) is 0 Å². The lowest BCUT2D eigenvalue weighted by Gasteiger charge is -2.09. The summed E-state index contributed by atoms with van der Waals surface area (Å²) in [5.74, 6) is -0.768. The molecule has 0 aliphatic carbocycles. The largest absolute Gasteiger partial charge is 0.507 e. The van der Waals surface area contributed by atoms with E-state index in [2.05, 4.69) is 4.98 Å². The molecule has 1 N–H and O–H groups in total. The molecule has 1 heterocycles. The Labute approximate surface area is 114 Å². The molecule has 3 rings (SSSR count). The van der Waals surface area contributed by atoms with Crippen molar-refractivity contribution in [2.75, 3.05) is 0 Å². The predicted molar refractivity (Wildman–Crippen MR) is 73.8 cm³/mol. The number of rotatable bonds is 1. The van der Waals surface area contributed by atoms with Crippen LogP contribution < -0.4 is 0 Å². The molecule has 19 heavy (non-hydrogen) atoms. The van der Waals surface area contributed by atoms with Crippen LogP contribution in [0.25, 0.3) is 21.9 Å². The quantitative estimate of drug-likeness (QED) is 0.713. The van der Waals surface area contributed by atoms with Crippen LogP contribution in [0.1, 0.15) is 0 Å². The average Bonchev–Trinajstić information content (AvgIpc) is 2.42. The van der Waals surface area contributed by atoms with Crippen LogP contribution in [0.3, 0.4) is 0 Å². The lowest BCUT2D eigenvalue weighted by Crippen LogP contribution is -1.86. The van der Waals surface area contributed by atoms with Gasteiger partial charge < -0.3 is 5.11 Å². The zero-order chi connectivity index (χ0) is 13.4. The molecule has 0 amide bonds. The van der Waals surface area contributed by atoms with Crippen molar-refractivity contribution < 1.29 is 9.50 Å². The van der Waals surface area contributed by atoms with Gasteiger partial charge >= 0.3 is 0 Å². The fourth-order valence-electron chi connectivity index (χ4n) is 2.11. The van der Waals surface area contributed by atoms with Crippen molar-refractivity contribution in [3.05, 3.63) is 59.6 Å². The molecule has 0 spiro atoms. The van der Waals surface area contributed by atoms with Crippen molar-refractivity contribution in [3.8, 4) is 16.9 Å². The second-order valence-corrected chi connectivity index (χ2v) is 4.59. The number of benzene rings is 2. The average molecular weight is 274 g/mol. The summed E-state index contributed by atoms with van der Waals surface area (Å²) in [5.41, 5.74) is 1.29. The first-order valence-electron chi connectivity index (χ1n) is 5.68. The van der Waals surface area contributed by atoms with E-state index in [-0.39, 0.29) is 10.8 Å². The first-order chi connectivity index (χ1) is 9.16. The van der Waals surface area contributed by atoms with Gasteiger partial charge in [-0.2, -0.15) is 0 Å². The molecule has 0 aliphatic rings. The first-order valence-corrected chi connectivity index (χ1v) is 6.06. The zero-order valence-corrected chi connectivity index (χ0v) is 10.5. The molecule has 0 bridgehead atoms. The highest BCUT2D eigenvalue weighted by Gasteiger charge is 2.12. The maximum atomic E-state index is 13.3. The molecular formula is C15H9ClFNO. The van der Waals surface area contributed by atoms with Crippen LogP contribution in [0.15, 0.2) is 48.8 Å². The number of hydrogen-bond acceptors (Lipinski definition) is 2. The summed E-state index contributed by atoms with van der Waals surface area (Å²) in [5, 5.41) is 11.8. The maximum absolute atomic E-state index is 13.3. The van der Waals surface area contributed by atoms with Gasteiger partial charge in [0.1, 0.15) is 11.6 Å². The number of pyridine rings is 1. The van der Waals surface area contributed by atoms with Crippen LogP contribution in [-0.4, -0.2) is 10.1 Å². The van der Waals surface area contributed by atoms with Gasteiger partial charge in [0.15, 0.2) is 0 Å². The molecule has 0 radical (unpaired) electrons. The van der Waals surface area contributed by atoms with Crippen molar-refractivity contribution >= 4 is 22.4 Å². The van der Waals surface area contributed by atoms with E-state index in [0.29, 0.717) is 5.56 Å². The molecule has 1 aromatic heterocycles. The third-order valence-corrected chi connectivity index (χ3v) is 3.30. The molecule has 2 nitrogen and oxygen atoms in total. The number of phenolic OH excluding ortho intramolecular Hbond substituents is 1. The third-order valence-electron chi connectivity index (χ3n) is 3.01. The van der Waals surface area contributed by atoms with Crippen molar-refractivity contribution in [2.45, 2.75) is 0 Å². The lowest BCUT2D eigenvalue weighted by atomic mass is 9.99. The molecule has 0 saturated heterocycles. The molecule has 4 heteroatoms. The Morgan fingerprint density at radius 2 is 1.95 bits per heavy atom. The van der Waals surface area contributed by atoms with Crippen molar-refractivity contribution in [1.29, 1.82) is 0 Å². The van der Waals surface area contributed by atoms with Crippen LogP contribution in [0, 0.1) is 5.82 Å². The summed E-state index contributed by atoms with van der Waals surface area (Å²) in [6, 6.07) is 9.94. The van der Waals surface area contributed by atoms with Crippen LogP contribution >= 0.6 is 11.6 Å². The minimum atomic E-state index is -0.634. The van der Waals surface area contributed by atoms with Crippen molar-refractivity contribution in [1.82, 2.24) is 4.98 Å². The number of hydrogen-bond donors (Lipinski definition) is 1. The predicted octanol–water partition coefficient (Wildman–Crippen LogP) is 4.40. The summed E-state index contributed by atoms with van der Waals surface area (Å²) in [6.45, 7) is 0.